The van der Waals surface area contributed by atoms with Gasteiger partial charge in [0, 0.05) is 12.7 Å². The van der Waals surface area contributed by atoms with Gasteiger partial charge in [-0.25, -0.2) is 13.4 Å². The van der Waals surface area contributed by atoms with E-state index in [1.54, 1.807) is 24.5 Å². The van der Waals surface area contributed by atoms with Gasteiger partial charge in [0.05, 0.1) is 23.7 Å². The molecule has 160 valence electrons. The molecule has 3 rings (SSSR count). The molecule has 0 radical (unpaired) electrons. The lowest BCUT2D eigenvalue weighted by atomic mass is 10.1. The average Bonchev–Trinajstić information content (AvgIpc) is 3.02. The number of esters is 1. The van der Waals surface area contributed by atoms with Crippen LogP contribution < -0.4 is 4.72 Å². The van der Waals surface area contributed by atoms with Crippen molar-refractivity contribution in [2.75, 3.05) is 7.11 Å². The highest BCUT2D eigenvalue weighted by Gasteiger charge is 2.27. The summed E-state index contributed by atoms with van der Waals surface area (Å²) >= 11 is 0. The highest BCUT2D eigenvalue weighted by atomic mass is 32.2. The molecule has 30 heavy (non-hydrogen) atoms. The number of aromatic nitrogens is 3. The van der Waals surface area contributed by atoms with Crippen LogP contribution in [0.1, 0.15) is 31.7 Å². The number of methoxy groups -OCH3 is 1. The number of benzene rings is 1. The van der Waals surface area contributed by atoms with Crippen molar-refractivity contribution in [3.8, 4) is 0 Å². The Bertz CT molecular complexity index is 1140. The van der Waals surface area contributed by atoms with Crippen LogP contribution in [0.25, 0.3) is 11.0 Å². The molecule has 8 nitrogen and oxygen atoms in total. The fourth-order valence-electron chi connectivity index (χ4n) is 3.32. The first-order valence-electron chi connectivity index (χ1n) is 9.67. The van der Waals surface area contributed by atoms with E-state index in [-0.39, 0.29) is 10.8 Å². The Kier molecular flexibility index (Phi) is 6.52. The zero-order chi connectivity index (χ0) is 21.9. The van der Waals surface area contributed by atoms with Gasteiger partial charge in [0.15, 0.2) is 0 Å². The molecular weight excluding hydrogens is 404 g/mol. The van der Waals surface area contributed by atoms with Crippen molar-refractivity contribution in [1.29, 1.82) is 0 Å². The molecule has 0 aliphatic rings. The van der Waals surface area contributed by atoms with E-state index in [0.717, 1.165) is 22.4 Å². The number of hydrogen-bond donors (Lipinski definition) is 1. The van der Waals surface area contributed by atoms with E-state index in [4.69, 9.17) is 4.74 Å². The van der Waals surface area contributed by atoms with Crippen molar-refractivity contribution in [3.63, 3.8) is 0 Å². The minimum atomic E-state index is -3.86. The first kappa shape index (κ1) is 21.9. The lowest BCUT2D eigenvalue weighted by Gasteiger charge is -2.18. The lowest BCUT2D eigenvalue weighted by Crippen LogP contribution is -2.42. The summed E-state index contributed by atoms with van der Waals surface area (Å²) in [4.78, 5) is 20.7. The van der Waals surface area contributed by atoms with Crippen LogP contribution in [0.4, 0.5) is 0 Å². The summed E-state index contributed by atoms with van der Waals surface area (Å²) in [6.45, 7) is 6.30. The predicted molar refractivity (Wildman–Crippen MR) is 113 cm³/mol. The molecule has 9 heteroatoms. The summed E-state index contributed by atoms with van der Waals surface area (Å²) in [5.74, 6) is 0.384. The molecular formula is C21H26N4O4S. The first-order chi connectivity index (χ1) is 14.2. The topological polar surface area (TPSA) is 103 Å². The second-order valence-electron chi connectivity index (χ2n) is 7.58. The Balaban J connectivity index is 1.80. The van der Waals surface area contributed by atoms with Crippen LogP contribution in [0.2, 0.25) is 0 Å². The molecule has 0 fully saturated rings. The number of aryl methyl sites for hydroxylation is 1. The summed E-state index contributed by atoms with van der Waals surface area (Å²) in [6.07, 6.45) is 3.79. The summed E-state index contributed by atoms with van der Waals surface area (Å²) in [5.41, 5.74) is 2.72. The van der Waals surface area contributed by atoms with Crippen molar-refractivity contribution < 1.29 is 17.9 Å². The van der Waals surface area contributed by atoms with Crippen LogP contribution in [0.5, 0.6) is 0 Å². The van der Waals surface area contributed by atoms with Crippen LogP contribution in [-0.2, 0) is 26.1 Å². The van der Waals surface area contributed by atoms with E-state index >= 15 is 0 Å². The van der Waals surface area contributed by atoms with Gasteiger partial charge >= 0.3 is 5.97 Å². The van der Waals surface area contributed by atoms with Gasteiger partial charge in [-0.05, 0) is 43.0 Å². The maximum atomic E-state index is 12.8. The normalized spacial score (nSPS) is 13.0. The summed E-state index contributed by atoms with van der Waals surface area (Å²) in [5, 5.41) is 0. The van der Waals surface area contributed by atoms with Gasteiger partial charge in [-0.3, -0.25) is 9.78 Å². The second kappa shape index (κ2) is 8.93. The molecule has 0 saturated heterocycles. The van der Waals surface area contributed by atoms with Gasteiger partial charge in [0.2, 0.25) is 10.0 Å². The summed E-state index contributed by atoms with van der Waals surface area (Å²) < 4.78 is 34.8. The fourth-order valence-corrected chi connectivity index (χ4v) is 4.52. The number of rotatable bonds is 8. The Morgan fingerprint density at radius 3 is 2.53 bits per heavy atom. The standard InChI is InChI=1S/C21H26N4O4S/c1-14(2)11-18(21(26)29-4)24-30(27,28)17-7-5-16(6-8-17)13-25-15(3)23-19-12-22-10-9-20(19)25/h5-10,12,14,18,24H,11,13H2,1-4H3/t18-/m0/s1. The van der Waals surface area contributed by atoms with Crippen LogP contribution in [-0.4, -0.2) is 42.1 Å². The maximum absolute atomic E-state index is 12.8. The number of carbonyl (C=O) groups is 1. The lowest BCUT2D eigenvalue weighted by molar-refractivity contribution is -0.143. The molecule has 1 aromatic carbocycles. The maximum Gasteiger partial charge on any atom is 0.323 e. The number of hydrogen-bond acceptors (Lipinski definition) is 6. The van der Waals surface area contributed by atoms with E-state index in [1.807, 2.05) is 26.8 Å². The van der Waals surface area contributed by atoms with Crippen molar-refractivity contribution in [2.24, 2.45) is 5.92 Å². The van der Waals surface area contributed by atoms with Gasteiger partial charge in [-0.1, -0.05) is 26.0 Å². The molecule has 2 aromatic heterocycles. The number of fused-ring (bicyclic) bond motifs is 1. The minimum Gasteiger partial charge on any atom is -0.468 e. The molecule has 0 aliphatic carbocycles. The van der Waals surface area contributed by atoms with E-state index in [1.165, 1.54) is 19.2 Å². The van der Waals surface area contributed by atoms with Gasteiger partial charge in [-0.2, -0.15) is 4.72 Å². The number of ether oxygens (including phenoxy) is 1. The Labute approximate surface area is 176 Å². The monoisotopic (exact) mass is 430 g/mol. The molecule has 1 N–H and O–H groups in total. The molecule has 2 heterocycles. The Morgan fingerprint density at radius 2 is 1.90 bits per heavy atom. The van der Waals surface area contributed by atoms with Crippen LogP contribution >= 0.6 is 0 Å². The Hall–Kier alpha value is -2.78. The van der Waals surface area contributed by atoms with Gasteiger partial charge in [0.25, 0.3) is 0 Å². The third kappa shape index (κ3) is 4.85. The zero-order valence-electron chi connectivity index (χ0n) is 17.5. The van der Waals surface area contributed by atoms with Crippen molar-refractivity contribution in [1.82, 2.24) is 19.3 Å². The number of sulfonamides is 1. The summed E-state index contributed by atoms with van der Waals surface area (Å²) in [6, 6.07) is 7.58. The summed E-state index contributed by atoms with van der Waals surface area (Å²) in [7, 11) is -2.61. The quantitative estimate of drug-likeness (QED) is 0.551. The number of nitrogens with zero attached hydrogens (tertiary/aromatic N) is 3. The number of carbonyl (C=O) groups excluding carboxylic acids is 1. The number of imidazole rings is 1. The van der Waals surface area contributed by atoms with Crippen LogP contribution in [0.3, 0.4) is 0 Å². The first-order valence-corrected chi connectivity index (χ1v) is 11.2. The Morgan fingerprint density at radius 1 is 1.20 bits per heavy atom. The number of pyridine rings is 1. The highest BCUT2D eigenvalue weighted by Crippen LogP contribution is 2.18. The van der Waals surface area contributed by atoms with Gasteiger partial charge < -0.3 is 9.30 Å². The third-order valence-electron chi connectivity index (χ3n) is 4.81. The van der Waals surface area contributed by atoms with Crippen molar-refractivity contribution >= 4 is 27.0 Å². The van der Waals surface area contributed by atoms with E-state index in [2.05, 4.69) is 19.3 Å². The molecule has 1 atom stereocenters. The van der Waals surface area contributed by atoms with Crippen molar-refractivity contribution in [2.45, 2.75) is 44.7 Å². The number of nitrogens with one attached hydrogen (secondary N) is 1. The highest BCUT2D eigenvalue weighted by molar-refractivity contribution is 7.89. The molecule has 0 amide bonds. The molecule has 0 bridgehead atoms. The van der Waals surface area contributed by atoms with Gasteiger partial charge in [0.1, 0.15) is 17.4 Å². The average molecular weight is 431 g/mol. The predicted octanol–water partition coefficient (Wildman–Crippen LogP) is 2.65. The van der Waals surface area contributed by atoms with Crippen molar-refractivity contribution in [3.05, 3.63) is 54.1 Å². The minimum absolute atomic E-state index is 0.0975. The van der Waals surface area contributed by atoms with Crippen LogP contribution in [0, 0.1) is 12.8 Å². The van der Waals surface area contributed by atoms with E-state index < -0.39 is 22.0 Å². The molecule has 3 aromatic rings. The zero-order valence-corrected chi connectivity index (χ0v) is 18.3. The smallest absolute Gasteiger partial charge is 0.323 e. The molecule has 0 saturated carbocycles. The second-order valence-corrected chi connectivity index (χ2v) is 9.29. The van der Waals surface area contributed by atoms with Crippen LogP contribution in [0.15, 0.2) is 47.6 Å². The fraction of sp³-hybridized carbons (Fsp3) is 0.381. The SMILES string of the molecule is COC(=O)[C@H](CC(C)C)NS(=O)(=O)c1ccc(Cn2c(C)nc3cnccc32)cc1. The van der Waals surface area contributed by atoms with E-state index in [9.17, 15) is 13.2 Å². The largest absolute Gasteiger partial charge is 0.468 e. The van der Waals surface area contributed by atoms with E-state index in [0.29, 0.717) is 13.0 Å². The van der Waals surface area contributed by atoms with Gasteiger partial charge in [-0.15, -0.1) is 0 Å². The molecule has 0 spiro atoms. The molecule has 0 aliphatic heterocycles. The third-order valence-corrected chi connectivity index (χ3v) is 6.29. The molecule has 0 unspecified atom stereocenters.